The van der Waals surface area contributed by atoms with Gasteiger partial charge in [0.05, 0.1) is 29.1 Å². The number of carbonyl (C=O) groups excluding carboxylic acids is 1. The zero-order valence-electron chi connectivity index (χ0n) is 15.1. The standard InChI is InChI=1S/C20H14F3N3O3/c1-2-28-19(27)15-11-25-17-8-7-13(29-20(21,22)23)9-14(17)18(15)26-16-6-4-3-5-12(16)10-24/h3-9,11H,2H2,1H3,(H,25,26). The molecule has 0 amide bonds. The highest BCUT2D eigenvalue weighted by molar-refractivity contribution is 6.06. The van der Waals surface area contributed by atoms with Crippen molar-refractivity contribution in [3.05, 3.63) is 59.8 Å². The number of nitriles is 1. The number of para-hydroxylation sites is 1. The van der Waals surface area contributed by atoms with E-state index >= 15 is 0 Å². The zero-order valence-corrected chi connectivity index (χ0v) is 15.1. The van der Waals surface area contributed by atoms with Gasteiger partial charge in [0.1, 0.15) is 17.4 Å². The minimum atomic E-state index is -4.87. The molecule has 6 nitrogen and oxygen atoms in total. The van der Waals surface area contributed by atoms with Crippen molar-refractivity contribution >= 4 is 28.2 Å². The van der Waals surface area contributed by atoms with Gasteiger partial charge in [-0.3, -0.25) is 4.98 Å². The Morgan fingerprint density at radius 2 is 2.00 bits per heavy atom. The molecule has 1 aromatic heterocycles. The Hall–Kier alpha value is -3.80. The molecule has 9 heteroatoms. The van der Waals surface area contributed by atoms with Crippen LogP contribution in [0.4, 0.5) is 24.5 Å². The van der Waals surface area contributed by atoms with Crippen molar-refractivity contribution in [1.82, 2.24) is 4.98 Å². The first-order valence-corrected chi connectivity index (χ1v) is 8.44. The summed E-state index contributed by atoms with van der Waals surface area (Å²) in [5, 5.41) is 12.5. The van der Waals surface area contributed by atoms with Gasteiger partial charge in [0.25, 0.3) is 0 Å². The third-order valence-electron chi connectivity index (χ3n) is 3.88. The molecule has 3 rings (SSSR count). The van der Waals surface area contributed by atoms with E-state index in [4.69, 9.17) is 4.74 Å². The first-order valence-electron chi connectivity index (χ1n) is 8.44. The summed E-state index contributed by atoms with van der Waals surface area (Å²) in [5.41, 5.74) is 1.15. The number of halogens is 3. The third-order valence-corrected chi connectivity index (χ3v) is 3.88. The maximum absolute atomic E-state index is 12.6. The van der Waals surface area contributed by atoms with Crippen molar-refractivity contribution in [2.24, 2.45) is 0 Å². The molecule has 0 saturated heterocycles. The Kier molecular flexibility index (Phi) is 5.54. The van der Waals surface area contributed by atoms with E-state index in [0.717, 1.165) is 12.1 Å². The van der Waals surface area contributed by atoms with Crippen LogP contribution in [0.25, 0.3) is 10.9 Å². The fourth-order valence-electron chi connectivity index (χ4n) is 2.69. The molecule has 0 aliphatic carbocycles. The van der Waals surface area contributed by atoms with Crippen molar-refractivity contribution in [3.8, 4) is 11.8 Å². The van der Waals surface area contributed by atoms with Crippen molar-refractivity contribution in [2.75, 3.05) is 11.9 Å². The normalized spacial score (nSPS) is 11.0. The molecule has 0 radical (unpaired) electrons. The Labute approximate surface area is 163 Å². The maximum atomic E-state index is 12.6. The summed E-state index contributed by atoms with van der Waals surface area (Å²) in [6, 6.07) is 12.1. The van der Waals surface area contributed by atoms with Crippen LogP contribution in [0.15, 0.2) is 48.7 Å². The van der Waals surface area contributed by atoms with E-state index < -0.39 is 18.1 Å². The second-order valence-corrected chi connectivity index (χ2v) is 5.78. The number of ether oxygens (including phenoxy) is 2. The van der Waals surface area contributed by atoms with Crippen LogP contribution in [0.1, 0.15) is 22.8 Å². The highest BCUT2D eigenvalue weighted by Gasteiger charge is 2.31. The lowest BCUT2D eigenvalue weighted by Gasteiger charge is -2.16. The van der Waals surface area contributed by atoms with Gasteiger partial charge in [-0.25, -0.2) is 4.79 Å². The molecule has 0 saturated carbocycles. The fourth-order valence-corrected chi connectivity index (χ4v) is 2.69. The third kappa shape index (κ3) is 4.55. The number of hydrogen-bond acceptors (Lipinski definition) is 6. The molecule has 1 N–H and O–H groups in total. The number of alkyl halides is 3. The van der Waals surface area contributed by atoms with Gasteiger partial charge in [-0.2, -0.15) is 5.26 Å². The molecule has 0 spiro atoms. The molecule has 0 bridgehead atoms. The van der Waals surface area contributed by atoms with Gasteiger partial charge in [-0.1, -0.05) is 12.1 Å². The molecule has 0 unspecified atom stereocenters. The Morgan fingerprint density at radius 3 is 2.69 bits per heavy atom. The quantitative estimate of drug-likeness (QED) is 0.611. The van der Waals surface area contributed by atoms with Crippen LogP contribution in [-0.2, 0) is 4.74 Å². The van der Waals surface area contributed by atoms with Crippen molar-refractivity contribution < 1.29 is 27.4 Å². The van der Waals surface area contributed by atoms with Crippen LogP contribution < -0.4 is 10.1 Å². The van der Waals surface area contributed by atoms with Crippen molar-refractivity contribution in [2.45, 2.75) is 13.3 Å². The number of nitrogens with one attached hydrogen (secondary N) is 1. The number of esters is 1. The minimum absolute atomic E-state index is 0.0104. The van der Waals surface area contributed by atoms with Crippen LogP contribution >= 0.6 is 0 Å². The lowest BCUT2D eigenvalue weighted by Crippen LogP contribution is -2.17. The van der Waals surface area contributed by atoms with Crippen LogP contribution in [0.3, 0.4) is 0 Å². The van der Waals surface area contributed by atoms with Crippen LogP contribution in [-0.4, -0.2) is 23.9 Å². The number of rotatable bonds is 5. The van der Waals surface area contributed by atoms with Crippen LogP contribution in [0, 0.1) is 11.3 Å². The average molecular weight is 401 g/mol. The second kappa shape index (κ2) is 8.06. The number of aromatic nitrogens is 1. The summed E-state index contributed by atoms with van der Waals surface area (Å²) in [6.07, 6.45) is -3.61. The molecule has 0 aliphatic rings. The minimum Gasteiger partial charge on any atom is -0.462 e. The number of anilines is 2. The summed E-state index contributed by atoms with van der Waals surface area (Å²) < 4.78 is 46.9. The number of benzene rings is 2. The van der Waals surface area contributed by atoms with E-state index in [1.165, 1.54) is 12.3 Å². The van der Waals surface area contributed by atoms with Gasteiger partial charge in [0.2, 0.25) is 0 Å². The summed E-state index contributed by atoms with van der Waals surface area (Å²) in [4.78, 5) is 16.5. The zero-order chi connectivity index (χ0) is 21.0. The van der Waals surface area contributed by atoms with Crippen molar-refractivity contribution in [3.63, 3.8) is 0 Å². The van der Waals surface area contributed by atoms with Gasteiger partial charge in [-0.15, -0.1) is 13.2 Å². The van der Waals surface area contributed by atoms with Gasteiger partial charge >= 0.3 is 12.3 Å². The van der Waals surface area contributed by atoms with Gasteiger partial charge in [0.15, 0.2) is 0 Å². The van der Waals surface area contributed by atoms with E-state index in [1.807, 2.05) is 6.07 Å². The lowest BCUT2D eigenvalue weighted by atomic mass is 10.1. The summed E-state index contributed by atoms with van der Waals surface area (Å²) in [7, 11) is 0. The highest BCUT2D eigenvalue weighted by Crippen LogP contribution is 2.34. The van der Waals surface area contributed by atoms with E-state index in [2.05, 4.69) is 15.0 Å². The molecular formula is C20H14F3N3O3. The van der Waals surface area contributed by atoms with E-state index in [-0.39, 0.29) is 28.8 Å². The van der Waals surface area contributed by atoms with E-state index in [9.17, 15) is 23.2 Å². The van der Waals surface area contributed by atoms with Crippen molar-refractivity contribution in [1.29, 1.82) is 5.26 Å². The Bertz CT molecular complexity index is 1110. The highest BCUT2D eigenvalue weighted by atomic mass is 19.4. The van der Waals surface area contributed by atoms with Crippen LogP contribution in [0.2, 0.25) is 0 Å². The number of nitrogens with zero attached hydrogens (tertiary/aromatic N) is 2. The summed E-state index contributed by atoms with van der Waals surface area (Å²) in [6.45, 7) is 1.72. The molecule has 1 heterocycles. The number of fused-ring (bicyclic) bond motifs is 1. The largest absolute Gasteiger partial charge is 0.573 e. The monoisotopic (exact) mass is 401 g/mol. The average Bonchev–Trinajstić information content (AvgIpc) is 2.67. The Morgan fingerprint density at radius 1 is 1.24 bits per heavy atom. The smallest absolute Gasteiger partial charge is 0.462 e. The topological polar surface area (TPSA) is 84.2 Å². The molecule has 3 aromatic rings. The molecule has 148 valence electrons. The van der Waals surface area contributed by atoms with Gasteiger partial charge in [0, 0.05) is 11.6 Å². The second-order valence-electron chi connectivity index (χ2n) is 5.78. The number of carbonyl (C=O) groups is 1. The molecule has 0 aliphatic heterocycles. The van der Waals surface area contributed by atoms with E-state index in [0.29, 0.717) is 11.2 Å². The Balaban J connectivity index is 2.20. The predicted molar refractivity (Wildman–Crippen MR) is 98.8 cm³/mol. The maximum Gasteiger partial charge on any atom is 0.573 e. The number of pyridine rings is 1. The summed E-state index contributed by atoms with van der Waals surface area (Å²) in [5.74, 6) is -1.18. The van der Waals surface area contributed by atoms with Gasteiger partial charge < -0.3 is 14.8 Å². The number of hydrogen-bond donors (Lipinski definition) is 1. The summed E-state index contributed by atoms with van der Waals surface area (Å²) >= 11 is 0. The molecule has 29 heavy (non-hydrogen) atoms. The SMILES string of the molecule is CCOC(=O)c1cnc2ccc(OC(F)(F)F)cc2c1Nc1ccccc1C#N. The molecule has 0 fully saturated rings. The molecule has 2 aromatic carbocycles. The molecular weight excluding hydrogens is 387 g/mol. The van der Waals surface area contributed by atoms with Crippen LogP contribution in [0.5, 0.6) is 5.75 Å². The van der Waals surface area contributed by atoms with Gasteiger partial charge in [-0.05, 0) is 37.3 Å². The first-order chi connectivity index (χ1) is 13.8. The fraction of sp³-hybridized carbons (Fsp3) is 0.150. The first kappa shape index (κ1) is 19.9. The lowest BCUT2D eigenvalue weighted by molar-refractivity contribution is -0.274. The molecule has 0 atom stereocenters. The van der Waals surface area contributed by atoms with E-state index in [1.54, 1.807) is 31.2 Å². The predicted octanol–water partition coefficient (Wildman–Crippen LogP) is 4.93.